The van der Waals surface area contributed by atoms with E-state index in [-0.39, 0.29) is 17.9 Å². The van der Waals surface area contributed by atoms with Crippen LogP contribution in [0.1, 0.15) is 12.2 Å². The van der Waals surface area contributed by atoms with Crippen molar-refractivity contribution in [3.05, 3.63) is 24.2 Å². The minimum atomic E-state index is -0.0203. The molecule has 0 spiro atoms. The van der Waals surface area contributed by atoms with Gasteiger partial charge in [-0.2, -0.15) is 0 Å². The maximum absolute atomic E-state index is 12.6. The van der Waals surface area contributed by atoms with Crippen molar-refractivity contribution >= 4 is 5.91 Å². The van der Waals surface area contributed by atoms with Crippen molar-refractivity contribution in [2.24, 2.45) is 11.8 Å². The van der Waals surface area contributed by atoms with Gasteiger partial charge in [-0.15, -0.1) is 0 Å². The highest BCUT2D eigenvalue weighted by atomic mass is 16.5. The van der Waals surface area contributed by atoms with E-state index < -0.39 is 0 Å². The van der Waals surface area contributed by atoms with Gasteiger partial charge in [0, 0.05) is 39.3 Å². The van der Waals surface area contributed by atoms with Crippen molar-refractivity contribution in [1.82, 2.24) is 10.2 Å². The molecule has 3 rings (SSSR count). The summed E-state index contributed by atoms with van der Waals surface area (Å²) in [7, 11) is 1.70. The maximum Gasteiger partial charge on any atom is 0.225 e. The van der Waals surface area contributed by atoms with Crippen LogP contribution in [0, 0.1) is 11.8 Å². The van der Waals surface area contributed by atoms with Gasteiger partial charge in [-0.1, -0.05) is 0 Å². The smallest absolute Gasteiger partial charge is 0.225 e. The second kappa shape index (κ2) is 7.26. The van der Waals surface area contributed by atoms with Gasteiger partial charge in [0.25, 0.3) is 0 Å². The van der Waals surface area contributed by atoms with E-state index in [1.165, 1.54) is 0 Å². The van der Waals surface area contributed by atoms with Crippen LogP contribution in [0.25, 0.3) is 0 Å². The minimum Gasteiger partial charge on any atom is -0.467 e. The Morgan fingerprint density at radius 2 is 2.41 bits per heavy atom. The number of likely N-dealkylation sites (tertiary alicyclic amines) is 1. The number of carbonyl (C=O) groups excluding carboxylic acids is 1. The summed E-state index contributed by atoms with van der Waals surface area (Å²) in [5, 5.41) is 3.00. The van der Waals surface area contributed by atoms with Crippen molar-refractivity contribution in [1.29, 1.82) is 0 Å². The van der Waals surface area contributed by atoms with Crippen molar-refractivity contribution in [2.45, 2.75) is 19.1 Å². The topological polar surface area (TPSA) is 63.9 Å². The highest BCUT2D eigenvalue weighted by Gasteiger charge is 2.43. The first-order chi connectivity index (χ1) is 10.8. The third-order valence-corrected chi connectivity index (χ3v) is 4.64. The van der Waals surface area contributed by atoms with Gasteiger partial charge in [0.1, 0.15) is 5.76 Å². The molecule has 3 heterocycles. The van der Waals surface area contributed by atoms with E-state index in [2.05, 4.69) is 10.2 Å². The van der Waals surface area contributed by atoms with Crippen LogP contribution in [-0.2, 0) is 20.8 Å². The normalized spacial score (nSPS) is 28.5. The van der Waals surface area contributed by atoms with Crippen LogP contribution in [0.4, 0.5) is 0 Å². The lowest BCUT2D eigenvalue weighted by atomic mass is 9.82. The van der Waals surface area contributed by atoms with Crippen LogP contribution in [0.3, 0.4) is 0 Å². The molecule has 1 aromatic heterocycles. The van der Waals surface area contributed by atoms with E-state index in [0.717, 1.165) is 38.4 Å². The van der Waals surface area contributed by atoms with E-state index in [9.17, 15) is 4.79 Å². The van der Waals surface area contributed by atoms with Gasteiger partial charge in [0.15, 0.2) is 0 Å². The fraction of sp³-hybridized carbons (Fsp3) is 0.688. The lowest BCUT2D eigenvalue weighted by Gasteiger charge is -2.39. The van der Waals surface area contributed by atoms with Crippen LogP contribution >= 0.6 is 0 Å². The average molecular weight is 308 g/mol. The third kappa shape index (κ3) is 3.51. The molecule has 22 heavy (non-hydrogen) atoms. The summed E-state index contributed by atoms with van der Waals surface area (Å²) in [6.07, 6.45) is 2.77. The first kappa shape index (κ1) is 15.5. The molecule has 0 saturated carbocycles. The predicted octanol–water partition coefficient (Wildman–Crippen LogP) is 0.879. The fourth-order valence-corrected chi connectivity index (χ4v) is 3.45. The number of rotatable bonds is 6. The molecule has 1 N–H and O–H groups in total. The van der Waals surface area contributed by atoms with Crippen LogP contribution in [0.15, 0.2) is 22.8 Å². The summed E-state index contributed by atoms with van der Waals surface area (Å²) >= 11 is 0. The zero-order valence-corrected chi connectivity index (χ0v) is 13.0. The number of hydrogen-bond acceptors (Lipinski definition) is 5. The molecule has 0 bridgehead atoms. The molecule has 2 aliphatic heterocycles. The van der Waals surface area contributed by atoms with E-state index in [0.29, 0.717) is 19.1 Å². The summed E-state index contributed by atoms with van der Waals surface area (Å²) in [6.45, 7) is 4.39. The molecule has 6 nitrogen and oxygen atoms in total. The van der Waals surface area contributed by atoms with Crippen molar-refractivity contribution < 1.29 is 18.7 Å². The first-order valence-corrected chi connectivity index (χ1v) is 7.91. The van der Waals surface area contributed by atoms with Gasteiger partial charge in [-0.3, -0.25) is 9.69 Å². The molecule has 0 unspecified atom stereocenters. The zero-order chi connectivity index (χ0) is 15.4. The average Bonchev–Trinajstić information content (AvgIpc) is 3.20. The molecule has 2 saturated heterocycles. The second-order valence-electron chi connectivity index (χ2n) is 6.02. The number of hydrogen-bond donors (Lipinski definition) is 1. The molecule has 6 heteroatoms. The van der Waals surface area contributed by atoms with Crippen molar-refractivity contribution in [3.63, 3.8) is 0 Å². The summed E-state index contributed by atoms with van der Waals surface area (Å²) in [4.78, 5) is 14.9. The summed E-state index contributed by atoms with van der Waals surface area (Å²) in [6, 6.07) is 3.70. The second-order valence-corrected chi connectivity index (χ2v) is 6.02. The molecule has 1 amide bonds. The summed E-state index contributed by atoms with van der Waals surface area (Å²) in [5.41, 5.74) is 0. The number of nitrogens with zero attached hydrogens (tertiary/aromatic N) is 1. The lowest BCUT2D eigenvalue weighted by Crippen LogP contribution is -2.53. The molecule has 0 aliphatic carbocycles. The molecule has 0 aromatic carbocycles. The Hall–Kier alpha value is -1.37. The van der Waals surface area contributed by atoms with Gasteiger partial charge < -0.3 is 19.2 Å². The van der Waals surface area contributed by atoms with Crippen molar-refractivity contribution in [2.75, 3.05) is 40.0 Å². The van der Waals surface area contributed by atoms with E-state index in [1.54, 1.807) is 13.4 Å². The number of piperidine rings is 1. The predicted molar refractivity (Wildman–Crippen MR) is 80.2 cm³/mol. The fourth-order valence-electron chi connectivity index (χ4n) is 3.45. The van der Waals surface area contributed by atoms with Gasteiger partial charge in [0.05, 0.1) is 31.4 Å². The Bertz CT molecular complexity index is 477. The number of methoxy groups -OCH3 is 1. The maximum atomic E-state index is 12.6. The number of amides is 1. The SMILES string of the molecule is COCCN1C[C@H]2OCC[C@H]2[C@H](C(=O)NCc2ccco2)C1. The largest absolute Gasteiger partial charge is 0.467 e. The summed E-state index contributed by atoms with van der Waals surface area (Å²) in [5.74, 6) is 1.18. The Balaban J connectivity index is 1.59. The number of nitrogens with one attached hydrogen (secondary N) is 1. The molecule has 1 aromatic rings. The molecule has 0 radical (unpaired) electrons. The first-order valence-electron chi connectivity index (χ1n) is 7.91. The summed E-state index contributed by atoms with van der Waals surface area (Å²) < 4.78 is 16.2. The standard InChI is InChI=1S/C16H24N2O4/c1-20-8-5-18-10-14(13-4-7-22-15(13)11-18)16(19)17-9-12-3-2-6-21-12/h2-3,6,13-15H,4-5,7-11H2,1H3,(H,17,19)/t13-,14+,15+/m0/s1. The van der Waals surface area contributed by atoms with E-state index in [1.807, 2.05) is 12.1 Å². The van der Waals surface area contributed by atoms with E-state index >= 15 is 0 Å². The molecular weight excluding hydrogens is 284 g/mol. The monoisotopic (exact) mass is 308 g/mol. The molecule has 2 fully saturated rings. The molecule has 2 aliphatic rings. The lowest BCUT2D eigenvalue weighted by molar-refractivity contribution is -0.131. The highest BCUT2D eigenvalue weighted by molar-refractivity contribution is 5.79. The highest BCUT2D eigenvalue weighted by Crippen LogP contribution is 2.33. The van der Waals surface area contributed by atoms with Gasteiger partial charge in [-0.25, -0.2) is 0 Å². The van der Waals surface area contributed by atoms with Gasteiger partial charge >= 0.3 is 0 Å². The Morgan fingerprint density at radius 1 is 1.50 bits per heavy atom. The van der Waals surface area contributed by atoms with E-state index in [4.69, 9.17) is 13.9 Å². The number of furan rings is 1. The van der Waals surface area contributed by atoms with Crippen LogP contribution in [0.2, 0.25) is 0 Å². The third-order valence-electron chi connectivity index (χ3n) is 4.64. The number of carbonyl (C=O) groups is 1. The van der Waals surface area contributed by atoms with Crippen LogP contribution in [0.5, 0.6) is 0 Å². The van der Waals surface area contributed by atoms with Crippen molar-refractivity contribution in [3.8, 4) is 0 Å². The number of fused-ring (bicyclic) bond motifs is 1. The zero-order valence-electron chi connectivity index (χ0n) is 13.0. The minimum absolute atomic E-state index is 0.0203. The molecule has 122 valence electrons. The Labute approximate surface area is 130 Å². The molecule has 3 atom stereocenters. The number of ether oxygens (including phenoxy) is 2. The quantitative estimate of drug-likeness (QED) is 0.845. The Kier molecular flexibility index (Phi) is 5.12. The van der Waals surface area contributed by atoms with Crippen LogP contribution < -0.4 is 5.32 Å². The van der Waals surface area contributed by atoms with Gasteiger partial charge in [0.2, 0.25) is 5.91 Å². The Morgan fingerprint density at radius 3 is 3.18 bits per heavy atom. The van der Waals surface area contributed by atoms with Gasteiger partial charge in [-0.05, 0) is 18.6 Å². The molecular formula is C16H24N2O4. The van der Waals surface area contributed by atoms with Crippen LogP contribution in [-0.4, -0.2) is 56.9 Å².